The first-order valence-corrected chi connectivity index (χ1v) is 19.9. The second-order valence-electron chi connectivity index (χ2n) is 14.8. The fourth-order valence-corrected chi connectivity index (χ4v) is 9.07. The van der Waals surface area contributed by atoms with Crippen molar-refractivity contribution >= 4 is 82.2 Å². The Labute approximate surface area is 339 Å². The van der Waals surface area contributed by atoms with Gasteiger partial charge in [-0.2, -0.15) is 0 Å². The minimum atomic E-state index is -0.266. The molecule has 0 bridgehead atoms. The topological polar surface area (TPSA) is 32.0 Å². The number of aromatic nitrogens is 3. The van der Waals surface area contributed by atoms with Crippen LogP contribution < -0.4 is 30.6 Å². The lowest BCUT2D eigenvalue weighted by Crippen LogP contribution is -2.86. The number of nitrogens with zero attached hydrogens (tertiary/aromatic N) is 6. The van der Waals surface area contributed by atoms with Crippen LogP contribution in [0.3, 0.4) is 0 Å². The van der Waals surface area contributed by atoms with Gasteiger partial charge in [0.25, 0.3) is 0 Å². The Hall–Kier alpha value is -7.38. The molecule has 10 aromatic rings. The first kappa shape index (κ1) is 33.9. The van der Waals surface area contributed by atoms with Crippen molar-refractivity contribution in [3.05, 3.63) is 224 Å². The molecule has 1 aliphatic heterocycles. The summed E-state index contributed by atoms with van der Waals surface area (Å²) in [6.07, 6.45) is 0. The van der Waals surface area contributed by atoms with E-state index in [0.717, 1.165) is 56.1 Å². The van der Waals surface area contributed by atoms with Crippen LogP contribution >= 0.6 is 0 Å². The Kier molecular flexibility index (Phi) is 8.36. The van der Waals surface area contributed by atoms with Crippen LogP contribution in [0.1, 0.15) is 0 Å². The Morgan fingerprint density at radius 3 is 1.16 bits per heavy atom. The number of benzene rings is 8. The largest absolute Gasteiger partial charge is 0.416 e. The van der Waals surface area contributed by atoms with Crippen molar-refractivity contribution in [2.24, 2.45) is 0 Å². The fourth-order valence-electron chi connectivity index (χ4n) is 9.07. The zero-order chi connectivity index (χ0) is 38.4. The first-order valence-electron chi connectivity index (χ1n) is 19.9. The average molecular weight is 742 g/mol. The summed E-state index contributed by atoms with van der Waals surface area (Å²) in [6.45, 7) is -0.678. The Morgan fingerprint density at radius 1 is 0.310 bits per heavy atom. The molecular weight excluding hydrogens is 705 g/mol. The van der Waals surface area contributed by atoms with Gasteiger partial charge < -0.3 is 14.2 Å². The van der Waals surface area contributed by atoms with Crippen LogP contribution in [0, 0.1) is 0 Å². The van der Waals surface area contributed by atoms with Gasteiger partial charge in [-0.15, -0.1) is 0 Å². The summed E-state index contributed by atoms with van der Waals surface area (Å²) in [5, 5.41) is 0. The number of imidazole rings is 2. The van der Waals surface area contributed by atoms with Gasteiger partial charge in [0, 0.05) is 22.7 Å². The lowest BCUT2D eigenvalue weighted by atomic mass is 9.37. The van der Waals surface area contributed by atoms with Crippen molar-refractivity contribution in [3.8, 4) is 5.69 Å². The van der Waals surface area contributed by atoms with E-state index in [4.69, 9.17) is 4.98 Å². The van der Waals surface area contributed by atoms with Crippen molar-refractivity contribution in [1.82, 2.24) is 14.0 Å². The van der Waals surface area contributed by atoms with E-state index in [1.54, 1.807) is 0 Å². The summed E-state index contributed by atoms with van der Waals surface area (Å²) in [5.41, 5.74) is 12.3. The fraction of sp³-hybridized carbons (Fsp3) is 0. The maximum atomic E-state index is 5.34. The molecule has 2 aromatic heterocycles. The monoisotopic (exact) mass is 742 g/mol. The molecule has 1 saturated heterocycles. The minimum absolute atomic E-state index is 0.206. The van der Waals surface area contributed by atoms with Crippen LogP contribution in [-0.2, 0) is 0 Å². The third-order valence-electron chi connectivity index (χ3n) is 11.5. The number of hydrogen-bond donors (Lipinski definition) is 0. The van der Waals surface area contributed by atoms with E-state index in [1.165, 1.54) is 10.9 Å². The minimum Gasteiger partial charge on any atom is -0.416 e. The predicted molar refractivity (Wildman–Crippen MR) is 245 cm³/mol. The van der Waals surface area contributed by atoms with Gasteiger partial charge in [-0.1, -0.05) is 152 Å². The van der Waals surface area contributed by atoms with Gasteiger partial charge in [-0.05, 0) is 89.2 Å². The second-order valence-corrected chi connectivity index (χ2v) is 14.8. The molecule has 58 heavy (non-hydrogen) atoms. The van der Waals surface area contributed by atoms with Crippen LogP contribution in [-0.4, -0.2) is 34.9 Å². The number of rotatable bonds is 7. The first-order chi connectivity index (χ1) is 28.8. The van der Waals surface area contributed by atoms with Crippen molar-refractivity contribution in [1.29, 1.82) is 0 Å². The van der Waals surface area contributed by atoms with E-state index in [0.29, 0.717) is 0 Å². The molecular formula is C49H37B3N6. The van der Waals surface area contributed by atoms with Crippen molar-refractivity contribution in [2.75, 3.05) is 14.2 Å². The number of para-hydroxylation sites is 6. The van der Waals surface area contributed by atoms with Gasteiger partial charge in [-0.3, -0.25) is 8.97 Å². The van der Waals surface area contributed by atoms with E-state index in [-0.39, 0.29) is 20.9 Å². The van der Waals surface area contributed by atoms with E-state index >= 15 is 0 Å². The smallest absolute Gasteiger partial charge is 0.389 e. The highest BCUT2D eigenvalue weighted by molar-refractivity contribution is 7.14. The van der Waals surface area contributed by atoms with Gasteiger partial charge in [0.05, 0.1) is 22.1 Å². The quantitative estimate of drug-likeness (QED) is 0.154. The Balaban J connectivity index is 1.24. The molecule has 0 N–H and O–H groups in total. The zero-order valence-corrected chi connectivity index (χ0v) is 31.8. The summed E-state index contributed by atoms with van der Waals surface area (Å²) in [5.74, 6) is 0.891. The lowest BCUT2D eigenvalue weighted by Gasteiger charge is -2.57. The zero-order valence-electron chi connectivity index (χ0n) is 31.8. The van der Waals surface area contributed by atoms with Gasteiger partial charge in [0.1, 0.15) is 0 Å². The van der Waals surface area contributed by atoms with E-state index in [9.17, 15) is 0 Å². The second kappa shape index (κ2) is 14.3. The van der Waals surface area contributed by atoms with Crippen LogP contribution in [0.2, 0.25) is 0 Å². The molecule has 0 saturated carbocycles. The molecule has 3 heterocycles. The SMILES string of the molecule is c1ccc(B2N(c3ccccc3)B(c3ccccc3)N(c3ccccc3)B(c3ccc4nc5n(-c6ccccc6)c6ccccc6n5c4c3)N2c2ccccc2)cc1. The summed E-state index contributed by atoms with van der Waals surface area (Å²) < 4.78 is 12.4. The van der Waals surface area contributed by atoms with Crippen LogP contribution in [0.15, 0.2) is 224 Å². The van der Waals surface area contributed by atoms with Crippen molar-refractivity contribution in [3.63, 3.8) is 0 Å². The summed E-state index contributed by atoms with van der Waals surface area (Å²) in [6, 6.07) is 80.7. The van der Waals surface area contributed by atoms with E-state index in [2.05, 4.69) is 248 Å². The normalized spacial score (nSPS) is 13.3. The highest BCUT2D eigenvalue weighted by Crippen LogP contribution is 2.35. The molecule has 0 amide bonds. The number of hydrogen-bond acceptors (Lipinski definition) is 4. The molecule has 9 heteroatoms. The maximum Gasteiger partial charge on any atom is 0.389 e. The summed E-state index contributed by atoms with van der Waals surface area (Å²) in [4.78, 5) is 5.34. The third kappa shape index (κ3) is 5.58. The molecule has 0 unspecified atom stereocenters. The van der Waals surface area contributed by atoms with Gasteiger partial charge in [0.15, 0.2) is 0 Å². The van der Waals surface area contributed by atoms with Crippen molar-refractivity contribution < 1.29 is 0 Å². The Bertz CT molecular complexity index is 2890. The average Bonchev–Trinajstić information content (AvgIpc) is 3.84. The molecule has 1 fully saturated rings. The highest BCUT2D eigenvalue weighted by Gasteiger charge is 2.55. The van der Waals surface area contributed by atoms with Gasteiger partial charge in [0.2, 0.25) is 5.78 Å². The van der Waals surface area contributed by atoms with E-state index < -0.39 is 0 Å². The molecule has 8 aromatic carbocycles. The van der Waals surface area contributed by atoms with Crippen molar-refractivity contribution in [2.45, 2.75) is 0 Å². The molecule has 272 valence electrons. The molecule has 0 spiro atoms. The van der Waals surface area contributed by atoms with E-state index in [1.807, 2.05) is 0 Å². The molecule has 0 atom stereocenters. The highest BCUT2D eigenvalue weighted by atomic mass is 15.3. The third-order valence-corrected chi connectivity index (χ3v) is 11.5. The predicted octanol–water partition coefficient (Wildman–Crippen LogP) is 8.45. The maximum absolute atomic E-state index is 5.34. The molecule has 0 radical (unpaired) electrons. The molecule has 11 rings (SSSR count). The summed E-state index contributed by atoms with van der Waals surface area (Å²) >= 11 is 0. The van der Waals surface area contributed by atoms with Crippen LogP contribution in [0.4, 0.5) is 17.1 Å². The lowest BCUT2D eigenvalue weighted by molar-refractivity contribution is 1.11. The van der Waals surface area contributed by atoms with Gasteiger partial charge in [-0.25, -0.2) is 4.98 Å². The standard InChI is InChI=1S/C49H37B3N6/c1-7-21-38(22-8-1)50-56(42-27-13-4-14-28-42)51(39-23-9-2-10-24-39)58(44-31-17-6-18-32-44)52(57(50)43-29-15-5-16-30-43)40-35-36-45-48(37-40)55-47-34-20-19-33-46(47)54(49(55)53-45)41-25-11-3-12-26-41/h1-37H. The van der Waals surface area contributed by atoms with Gasteiger partial charge >= 0.3 is 20.9 Å². The molecule has 1 aliphatic rings. The van der Waals surface area contributed by atoms with Crippen LogP contribution in [0.25, 0.3) is 33.5 Å². The number of fused-ring (bicyclic) bond motifs is 5. The van der Waals surface area contributed by atoms with Crippen LogP contribution in [0.5, 0.6) is 0 Å². The molecule has 0 aliphatic carbocycles. The number of anilines is 3. The Morgan fingerprint density at radius 2 is 0.690 bits per heavy atom. The molecule has 6 nitrogen and oxygen atoms in total. The summed E-state index contributed by atoms with van der Waals surface area (Å²) in [7, 11) is 0.